The zero-order valence-corrected chi connectivity index (χ0v) is 8.03. The molecule has 0 aliphatic carbocycles. The van der Waals surface area contributed by atoms with Crippen molar-refractivity contribution in [1.29, 1.82) is 0 Å². The lowest BCUT2D eigenvalue weighted by atomic mass is 10.1. The van der Waals surface area contributed by atoms with Crippen LogP contribution in [0.2, 0.25) is 0 Å². The topological polar surface area (TPSA) is 66.0 Å². The van der Waals surface area contributed by atoms with Crippen molar-refractivity contribution in [2.45, 2.75) is 6.92 Å². The highest BCUT2D eigenvalue weighted by molar-refractivity contribution is 6.02. The molecular formula is C11H8N2O2. The second kappa shape index (κ2) is 3.46. The fourth-order valence-electron chi connectivity index (χ4n) is 1.44. The number of carboxylic acids is 1. The number of aromatic amines is 1. The van der Waals surface area contributed by atoms with Gasteiger partial charge in [0.2, 0.25) is 0 Å². The van der Waals surface area contributed by atoms with Crippen LogP contribution in [-0.4, -0.2) is 21.3 Å². The van der Waals surface area contributed by atoms with Gasteiger partial charge in [0.25, 0.3) is 0 Å². The summed E-state index contributed by atoms with van der Waals surface area (Å²) in [5.41, 5.74) is 1.41. The zero-order chi connectivity index (χ0) is 10.8. The molecule has 15 heavy (non-hydrogen) atoms. The predicted octanol–water partition coefficient (Wildman–Crippen LogP) is 1.63. The van der Waals surface area contributed by atoms with Crippen LogP contribution in [0.15, 0.2) is 18.3 Å². The van der Waals surface area contributed by atoms with E-state index < -0.39 is 5.97 Å². The van der Waals surface area contributed by atoms with Gasteiger partial charge in [0.05, 0.1) is 17.3 Å². The van der Waals surface area contributed by atoms with E-state index in [4.69, 9.17) is 5.11 Å². The number of nitrogens with one attached hydrogen (secondary N) is 1. The number of hydrogen-bond donors (Lipinski definition) is 2. The third-order valence-electron chi connectivity index (χ3n) is 2.05. The standard InChI is InChI=1S/C11H8N2O2/c1-2-3-7-4-8-6-12-13-10(8)9(5-7)11(14)15/h4-6H,1H3,(H,12,13)(H,14,15). The Labute approximate surface area is 85.9 Å². The fourth-order valence-corrected chi connectivity index (χ4v) is 1.44. The van der Waals surface area contributed by atoms with Crippen molar-refractivity contribution in [3.05, 3.63) is 29.5 Å². The van der Waals surface area contributed by atoms with Crippen LogP contribution in [0.3, 0.4) is 0 Å². The van der Waals surface area contributed by atoms with E-state index in [1.807, 2.05) is 6.07 Å². The van der Waals surface area contributed by atoms with Crippen LogP contribution in [0, 0.1) is 11.8 Å². The van der Waals surface area contributed by atoms with Crippen LogP contribution in [0.25, 0.3) is 10.9 Å². The molecule has 0 unspecified atom stereocenters. The molecule has 1 heterocycles. The van der Waals surface area contributed by atoms with Crippen LogP contribution in [0.4, 0.5) is 0 Å². The van der Waals surface area contributed by atoms with Gasteiger partial charge in [-0.2, -0.15) is 5.10 Å². The van der Waals surface area contributed by atoms with Crippen LogP contribution in [0.5, 0.6) is 0 Å². The first kappa shape index (κ1) is 9.28. The second-order valence-electron chi connectivity index (χ2n) is 3.04. The molecule has 0 aliphatic rings. The van der Waals surface area contributed by atoms with Crippen LogP contribution >= 0.6 is 0 Å². The molecule has 1 aromatic heterocycles. The normalized spacial score (nSPS) is 9.67. The molecule has 0 atom stereocenters. The van der Waals surface area contributed by atoms with Crippen molar-refractivity contribution < 1.29 is 9.90 Å². The maximum absolute atomic E-state index is 11.0. The first-order valence-electron chi connectivity index (χ1n) is 4.35. The van der Waals surface area contributed by atoms with Crippen LogP contribution in [0.1, 0.15) is 22.8 Å². The van der Waals surface area contributed by atoms with E-state index in [0.717, 1.165) is 5.39 Å². The van der Waals surface area contributed by atoms with Gasteiger partial charge in [-0.3, -0.25) is 5.10 Å². The lowest BCUT2D eigenvalue weighted by Crippen LogP contribution is -1.98. The number of hydrogen-bond acceptors (Lipinski definition) is 2. The van der Waals surface area contributed by atoms with E-state index in [1.165, 1.54) is 0 Å². The van der Waals surface area contributed by atoms with Gasteiger partial charge < -0.3 is 5.11 Å². The third-order valence-corrected chi connectivity index (χ3v) is 2.05. The number of carbonyl (C=O) groups is 1. The lowest BCUT2D eigenvalue weighted by molar-refractivity contribution is 0.0699. The molecule has 0 bridgehead atoms. The van der Waals surface area contributed by atoms with Crippen molar-refractivity contribution >= 4 is 16.9 Å². The summed E-state index contributed by atoms with van der Waals surface area (Å²) in [5, 5.41) is 16.2. The van der Waals surface area contributed by atoms with E-state index in [9.17, 15) is 4.79 Å². The van der Waals surface area contributed by atoms with Gasteiger partial charge in [0.15, 0.2) is 0 Å². The third kappa shape index (κ3) is 1.55. The van der Waals surface area contributed by atoms with Gasteiger partial charge in [0, 0.05) is 10.9 Å². The van der Waals surface area contributed by atoms with Crippen LogP contribution < -0.4 is 0 Å². The Morgan fingerprint density at radius 3 is 3.00 bits per heavy atom. The molecule has 2 aromatic rings. The minimum atomic E-state index is -0.982. The van der Waals surface area contributed by atoms with E-state index in [1.54, 1.807) is 19.2 Å². The van der Waals surface area contributed by atoms with Gasteiger partial charge in [-0.05, 0) is 19.1 Å². The summed E-state index contributed by atoms with van der Waals surface area (Å²) in [6.07, 6.45) is 1.59. The summed E-state index contributed by atoms with van der Waals surface area (Å²) >= 11 is 0. The van der Waals surface area contributed by atoms with Crippen molar-refractivity contribution in [3.63, 3.8) is 0 Å². The number of fused-ring (bicyclic) bond motifs is 1. The van der Waals surface area contributed by atoms with E-state index in [2.05, 4.69) is 22.0 Å². The van der Waals surface area contributed by atoms with Gasteiger partial charge in [0.1, 0.15) is 0 Å². The largest absolute Gasteiger partial charge is 0.478 e. The monoisotopic (exact) mass is 200 g/mol. The molecule has 74 valence electrons. The highest BCUT2D eigenvalue weighted by atomic mass is 16.4. The number of carboxylic acid groups (broad SMARTS) is 1. The SMILES string of the molecule is CC#Cc1cc(C(=O)O)c2[nH]ncc2c1. The molecule has 0 saturated heterocycles. The minimum Gasteiger partial charge on any atom is -0.478 e. The molecule has 2 rings (SSSR count). The molecule has 0 fully saturated rings. The first-order valence-corrected chi connectivity index (χ1v) is 4.35. The molecular weight excluding hydrogens is 192 g/mol. The summed E-state index contributed by atoms with van der Waals surface area (Å²) < 4.78 is 0. The predicted molar refractivity (Wildman–Crippen MR) is 55.6 cm³/mol. The Kier molecular flexibility index (Phi) is 2.14. The van der Waals surface area contributed by atoms with Crippen molar-refractivity contribution in [2.75, 3.05) is 0 Å². The fraction of sp³-hybridized carbons (Fsp3) is 0.0909. The van der Waals surface area contributed by atoms with E-state index in [-0.39, 0.29) is 5.56 Å². The summed E-state index contributed by atoms with van der Waals surface area (Å²) in [7, 11) is 0. The van der Waals surface area contributed by atoms with E-state index >= 15 is 0 Å². The lowest BCUT2D eigenvalue weighted by Gasteiger charge is -1.98. The highest BCUT2D eigenvalue weighted by Gasteiger charge is 2.11. The average Bonchev–Trinajstić information content (AvgIpc) is 2.64. The molecule has 2 N–H and O–H groups in total. The molecule has 4 heteroatoms. The maximum atomic E-state index is 11.0. The average molecular weight is 200 g/mol. The Hall–Kier alpha value is -2.28. The quantitative estimate of drug-likeness (QED) is 0.687. The Morgan fingerprint density at radius 2 is 2.33 bits per heavy atom. The Balaban J connectivity index is 2.78. The molecule has 0 saturated carbocycles. The molecule has 0 radical (unpaired) electrons. The minimum absolute atomic E-state index is 0.197. The van der Waals surface area contributed by atoms with Crippen molar-refractivity contribution in [3.8, 4) is 11.8 Å². The van der Waals surface area contributed by atoms with Gasteiger partial charge in [-0.15, -0.1) is 5.92 Å². The summed E-state index contributed by atoms with van der Waals surface area (Å²) in [6.45, 7) is 1.71. The number of rotatable bonds is 1. The second-order valence-corrected chi connectivity index (χ2v) is 3.04. The molecule has 0 amide bonds. The smallest absolute Gasteiger partial charge is 0.337 e. The summed E-state index contributed by atoms with van der Waals surface area (Å²) in [6, 6.07) is 3.35. The molecule has 0 aliphatic heterocycles. The summed E-state index contributed by atoms with van der Waals surface area (Å²) in [5.74, 6) is 4.58. The Bertz CT molecular complexity index is 587. The molecule has 4 nitrogen and oxygen atoms in total. The number of nitrogens with zero attached hydrogens (tertiary/aromatic N) is 1. The van der Waals surface area contributed by atoms with Gasteiger partial charge >= 0.3 is 5.97 Å². The van der Waals surface area contributed by atoms with Gasteiger partial charge in [-0.1, -0.05) is 5.92 Å². The number of aromatic nitrogens is 2. The Morgan fingerprint density at radius 1 is 1.53 bits per heavy atom. The molecule has 0 spiro atoms. The van der Waals surface area contributed by atoms with Gasteiger partial charge in [-0.25, -0.2) is 4.79 Å². The van der Waals surface area contributed by atoms with Crippen LogP contribution in [-0.2, 0) is 0 Å². The highest BCUT2D eigenvalue weighted by Crippen LogP contribution is 2.18. The maximum Gasteiger partial charge on any atom is 0.337 e. The number of H-pyrrole nitrogens is 1. The van der Waals surface area contributed by atoms with Crippen molar-refractivity contribution in [1.82, 2.24) is 10.2 Å². The van der Waals surface area contributed by atoms with Crippen molar-refractivity contribution in [2.24, 2.45) is 0 Å². The number of aromatic carboxylic acids is 1. The first-order chi connectivity index (χ1) is 7.22. The van der Waals surface area contributed by atoms with E-state index in [0.29, 0.717) is 11.1 Å². The molecule has 1 aromatic carbocycles. The summed E-state index contributed by atoms with van der Waals surface area (Å²) in [4.78, 5) is 11.0. The zero-order valence-electron chi connectivity index (χ0n) is 8.03. The number of benzene rings is 1.